The number of rotatable bonds is 2. The minimum Gasteiger partial charge on any atom is -0.348 e. The Balaban J connectivity index is 1.50. The Morgan fingerprint density at radius 2 is 2.12 bits per heavy atom. The second kappa shape index (κ2) is 5.96. The van der Waals surface area contributed by atoms with Crippen molar-refractivity contribution in [2.45, 2.75) is 32.2 Å². The fourth-order valence-corrected chi connectivity index (χ4v) is 3.07. The molecule has 120 valence electrons. The van der Waals surface area contributed by atoms with E-state index in [9.17, 15) is 4.79 Å². The Bertz CT molecular complexity index is 924. The average Bonchev–Trinajstić information content (AvgIpc) is 2.61. The lowest BCUT2D eigenvalue weighted by atomic mass is 9.92. The van der Waals surface area contributed by atoms with Crippen LogP contribution < -0.4 is 5.32 Å². The van der Waals surface area contributed by atoms with Gasteiger partial charge in [-0.1, -0.05) is 0 Å². The van der Waals surface area contributed by atoms with Gasteiger partial charge in [-0.05, 0) is 56.0 Å². The second-order valence-electron chi connectivity index (χ2n) is 6.05. The van der Waals surface area contributed by atoms with Gasteiger partial charge in [0.15, 0.2) is 5.65 Å². The summed E-state index contributed by atoms with van der Waals surface area (Å²) in [7, 11) is 0. The van der Waals surface area contributed by atoms with Crippen molar-refractivity contribution in [3.05, 3.63) is 59.4 Å². The molecular formula is C18H17N5O. The molecule has 1 aliphatic carbocycles. The average molecular weight is 319 g/mol. The van der Waals surface area contributed by atoms with Gasteiger partial charge >= 0.3 is 0 Å². The molecule has 0 saturated carbocycles. The summed E-state index contributed by atoms with van der Waals surface area (Å²) >= 11 is 0. The van der Waals surface area contributed by atoms with Gasteiger partial charge in [0.05, 0.1) is 0 Å². The zero-order chi connectivity index (χ0) is 16.5. The molecule has 0 saturated heterocycles. The van der Waals surface area contributed by atoms with E-state index in [-0.39, 0.29) is 11.9 Å². The summed E-state index contributed by atoms with van der Waals surface area (Å²) in [6.45, 7) is 1.90. The van der Waals surface area contributed by atoms with Crippen molar-refractivity contribution in [1.82, 2.24) is 25.3 Å². The van der Waals surface area contributed by atoms with Crippen LogP contribution >= 0.6 is 0 Å². The van der Waals surface area contributed by atoms with Crippen LogP contribution in [0.15, 0.2) is 36.7 Å². The smallest absolute Gasteiger partial charge is 0.270 e. The van der Waals surface area contributed by atoms with Crippen LogP contribution in [0.1, 0.15) is 34.0 Å². The minimum absolute atomic E-state index is 0.0811. The number of nitrogens with zero attached hydrogens (tertiary/aromatic N) is 4. The number of hydrogen-bond donors (Lipinski definition) is 1. The van der Waals surface area contributed by atoms with E-state index in [1.54, 1.807) is 12.3 Å². The van der Waals surface area contributed by atoms with Gasteiger partial charge in [0.1, 0.15) is 11.5 Å². The lowest BCUT2D eigenvalue weighted by Gasteiger charge is -2.24. The summed E-state index contributed by atoms with van der Waals surface area (Å²) in [5.74, 6) is 0.633. The molecule has 4 rings (SSSR count). The van der Waals surface area contributed by atoms with Crippen molar-refractivity contribution in [1.29, 1.82) is 0 Å². The number of carbonyl (C=O) groups is 1. The molecule has 3 aromatic rings. The predicted molar refractivity (Wildman–Crippen MR) is 89.6 cm³/mol. The van der Waals surface area contributed by atoms with Crippen molar-refractivity contribution < 1.29 is 4.79 Å². The number of hydrogen-bond acceptors (Lipinski definition) is 5. The van der Waals surface area contributed by atoms with E-state index in [2.05, 4.69) is 25.3 Å². The van der Waals surface area contributed by atoms with E-state index in [0.717, 1.165) is 41.7 Å². The van der Waals surface area contributed by atoms with Crippen LogP contribution in [0.5, 0.6) is 0 Å². The van der Waals surface area contributed by atoms with Crippen molar-refractivity contribution in [3.8, 4) is 0 Å². The molecule has 0 aromatic carbocycles. The molecule has 6 heteroatoms. The zero-order valence-electron chi connectivity index (χ0n) is 13.4. The van der Waals surface area contributed by atoms with Crippen LogP contribution in [-0.2, 0) is 12.8 Å². The summed E-state index contributed by atoms with van der Waals surface area (Å²) in [6.07, 6.45) is 6.04. The molecule has 3 aromatic heterocycles. The fraction of sp³-hybridized carbons (Fsp3) is 0.278. The third-order valence-electron chi connectivity index (χ3n) is 4.30. The molecule has 0 fully saturated rings. The highest BCUT2D eigenvalue weighted by Gasteiger charge is 2.22. The van der Waals surface area contributed by atoms with Crippen LogP contribution in [0.25, 0.3) is 11.0 Å². The lowest BCUT2D eigenvalue weighted by Crippen LogP contribution is -2.39. The predicted octanol–water partition coefficient (Wildman–Crippen LogP) is 2.02. The van der Waals surface area contributed by atoms with Crippen molar-refractivity contribution in [3.63, 3.8) is 0 Å². The highest BCUT2D eigenvalue weighted by atomic mass is 16.1. The SMILES string of the molecule is Cc1ncc2c(n1)CCC(NC(=O)c1ccc3cccnc3n1)C2. The molecule has 0 spiro atoms. The van der Waals surface area contributed by atoms with Crippen LogP contribution in [0.3, 0.4) is 0 Å². The van der Waals surface area contributed by atoms with Gasteiger partial charge in [0, 0.05) is 29.5 Å². The van der Waals surface area contributed by atoms with Crippen LogP contribution in [0, 0.1) is 6.92 Å². The van der Waals surface area contributed by atoms with E-state index >= 15 is 0 Å². The normalized spacial score (nSPS) is 16.6. The quantitative estimate of drug-likeness (QED) is 0.781. The molecule has 0 aliphatic heterocycles. The van der Waals surface area contributed by atoms with E-state index in [1.807, 2.05) is 31.3 Å². The van der Waals surface area contributed by atoms with E-state index in [1.165, 1.54) is 0 Å². The number of aromatic nitrogens is 4. The van der Waals surface area contributed by atoms with Gasteiger partial charge in [-0.3, -0.25) is 4.79 Å². The molecule has 24 heavy (non-hydrogen) atoms. The summed E-state index contributed by atoms with van der Waals surface area (Å²) < 4.78 is 0. The highest BCUT2D eigenvalue weighted by Crippen LogP contribution is 2.19. The Morgan fingerprint density at radius 1 is 1.21 bits per heavy atom. The van der Waals surface area contributed by atoms with Crippen LogP contribution in [0.4, 0.5) is 0 Å². The number of nitrogens with one attached hydrogen (secondary N) is 1. The minimum atomic E-state index is -0.163. The second-order valence-corrected chi connectivity index (χ2v) is 6.05. The monoisotopic (exact) mass is 319 g/mol. The molecule has 1 N–H and O–H groups in total. The van der Waals surface area contributed by atoms with Crippen molar-refractivity contribution in [2.75, 3.05) is 0 Å². The number of fused-ring (bicyclic) bond motifs is 2. The van der Waals surface area contributed by atoms with Gasteiger partial charge in [-0.2, -0.15) is 0 Å². The molecule has 1 atom stereocenters. The first-order valence-electron chi connectivity index (χ1n) is 8.03. The first-order valence-corrected chi connectivity index (χ1v) is 8.03. The molecule has 0 bridgehead atoms. The van der Waals surface area contributed by atoms with E-state index < -0.39 is 0 Å². The largest absolute Gasteiger partial charge is 0.348 e. The molecule has 1 unspecified atom stereocenters. The van der Waals surface area contributed by atoms with Gasteiger partial charge < -0.3 is 5.32 Å². The third-order valence-corrected chi connectivity index (χ3v) is 4.30. The number of aryl methyl sites for hydroxylation is 2. The fourth-order valence-electron chi connectivity index (χ4n) is 3.07. The maximum Gasteiger partial charge on any atom is 0.270 e. The number of carbonyl (C=O) groups excluding carboxylic acids is 1. The van der Waals surface area contributed by atoms with Crippen molar-refractivity contribution >= 4 is 16.9 Å². The maximum atomic E-state index is 12.5. The molecule has 1 aliphatic rings. The van der Waals surface area contributed by atoms with Crippen LogP contribution in [-0.4, -0.2) is 31.9 Å². The summed E-state index contributed by atoms with van der Waals surface area (Å²) in [5, 5.41) is 3.99. The van der Waals surface area contributed by atoms with Crippen LogP contribution in [0.2, 0.25) is 0 Å². The van der Waals surface area contributed by atoms with Gasteiger partial charge in [-0.15, -0.1) is 0 Å². The molecule has 1 amide bonds. The van der Waals surface area contributed by atoms with Crippen molar-refractivity contribution in [2.24, 2.45) is 0 Å². The van der Waals surface area contributed by atoms with Gasteiger partial charge in [0.25, 0.3) is 5.91 Å². The Morgan fingerprint density at radius 3 is 3.04 bits per heavy atom. The number of pyridine rings is 2. The molecule has 0 radical (unpaired) electrons. The maximum absolute atomic E-state index is 12.5. The first-order chi connectivity index (χ1) is 11.7. The Kier molecular flexibility index (Phi) is 3.65. The summed E-state index contributed by atoms with van der Waals surface area (Å²) in [6, 6.07) is 7.47. The zero-order valence-corrected chi connectivity index (χ0v) is 13.4. The van der Waals surface area contributed by atoms with Gasteiger partial charge in [0.2, 0.25) is 0 Å². The highest BCUT2D eigenvalue weighted by molar-refractivity contribution is 5.94. The molecule has 3 heterocycles. The summed E-state index contributed by atoms with van der Waals surface area (Å²) in [4.78, 5) is 29.8. The summed E-state index contributed by atoms with van der Waals surface area (Å²) in [5.41, 5.74) is 3.20. The Hall–Kier alpha value is -2.89. The standard InChI is InChI=1S/C18H17N5O/c1-11-20-10-13-9-14(5-7-15(13)21-11)22-18(24)16-6-4-12-3-2-8-19-17(12)23-16/h2-4,6,8,10,14H,5,7,9H2,1H3,(H,22,24). The van der Waals surface area contributed by atoms with E-state index in [0.29, 0.717) is 11.3 Å². The first kappa shape index (κ1) is 14.7. The van der Waals surface area contributed by atoms with Gasteiger partial charge in [-0.25, -0.2) is 19.9 Å². The topological polar surface area (TPSA) is 80.7 Å². The molecular weight excluding hydrogens is 302 g/mol. The third kappa shape index (κ3) is 2.82. The lowest BCUT2D eigenvalue weighted by molar-refractivity contribution is 0.0928. The van der Waals surface area contributed by atoms with E-state index in [4.69, 9.17) is 0 Å². The molecule has 6 nitrogen and oxygen atoms in total. The number of amides is 1. The Labute approximate surface area is 139 Å².